The van der Waals surface area contributed by atoms with Crippen LogP contribution in [0.4, 0.5) is 0 Å². The largest absolute Gasteiger partial charge is 0.489 e. The Balaban J connectivity index is 1.05. The molecule has 2 spiro atoms. The molecule has 1 aromatic carbocycles. The first-order valence-electron chi connectivity index (χ1n) is 13.8. The molecule has 10 rings (SSSR count). The van der Waals surface area contributed by atoms with Gasteiger partial charge in [-0.2, -0.15) is 0 Å². The summed E-state index contributed by atoms with van der Waals surface area (Å²) in [5, 5.41) is 0. The fourth-order valence-corrected chi connectivity index (χ4v) is 11.5. The van der Waals surface area contributed by atoms with Crippen LogP contribution in [0.3, 0.4) is 0 Å². The molecule has 3 nitrogen and oxygen atoms in total. The van der Waals surface area contributed by atoms with Crippen molar-refractivity contribution in [1.29, 1.82) is 0 Å². The molecule has 0 radical (unpaired) electrons. The van der Waals surface area contributed by atoms with E-state index in [4.69, 9.17) is 4.74 Å². The van der Waals surface area contributed by atoms with Crippen molar-refractivity contribution in [3.8, 4) is 5.75 Å². The van der Waals surface area contributed by atoms with Crippen molar-refractivity contribution in [2.24, 2.45) is 39.9 Å². The number of ether oxygens (including phenoxy) is 1. The molecule has 0 amide bonds. The molecule has 3 aliphatic heterocycles. The van der Waals surface area contributed by atoms with E-state index in [2.05, 4.69) is 61.2 Å². The number of hydrogen-bond donors (Lipinski definition) is 0. The fourth-order valence-electron chi connectivity index (χ4n) is 11.5. The number of likely N-dealkylation sites (N-methyl/N-ethyl adjacent to an activating group) is 1. The lowest BCUT2D eigenvalue weighted by molar-refractivity contribution is -0.0909. The molecule has 1 unspecified atom stereocenters. The second kappa shape index (κ2) is 6.26. The molecule has 3 saturated heterocycles. The molecule has 1 aromatic rings. The molecule has 6 aliphatic carbocycles. The quantitative estimate of drug-likeness (QED) is 0.574. The summed E-state index contributed by atoms with van der Waals surface area (Å²) in [6, 6.07) is 10.7. The molecule has 7 fully saturated rings. The van der Waals surface area contributed by atoms with E-state index >= 15 is 0 Å². The molecule has 176 valence electrons. The lowest BCUT2D eigenvalue weighted by Crippen LogP contribution is -2.57. The van der Waals surface area contributed by atoms with E-state index in [1.807, 2.05) is 0 Å². The second-order valence-electron chi connectivity index (χ2n) is 13.6. The molecule has 0 aromatic heterocycles. The van der Waals surface area contributed by atoms with E-state index in [1.54, 1.807) is 12.0 Å². The zero-order chi connectivity index (χ0) is 22.2. The predicted molar refractivity (Wildman–Crippen MR) is 131 cm³/mol. The third kappa shape index (κ3) is 2.26. The molecular weight excluding hydrogens is 404 g/mol. The zero-order valence-corrected chi connectivity index (χ0v) is 20.7. The lowest BCUT2D eigenvalue weighted by atomic mass is 9.42. The Hall–Kier alpha value is -1.32. The van der Waals surface area contributed by atoms with E-state index in [1.165, 1.54) is 44.2 Å². The number of benzene rings is 1. The van der Waals surface area contributed by atoms with Gasteiger partial charge in [-0.15, -0.1) is 0 Å². The zero-order valence-electron chi connectivity index (χ0n) is 20.7. The topological polar surface area (TPSA) is 15.7 Å². The highest BCUT2D eigenvalue weighted by Crippen LogP contribution is 2.86. The summed E-state index contributed by atoms with van der Waals surface area (Å²) in [4.78, 5) is 5.33. The minimum Gasteiger partial charge on any atom is -0.489 e. The average Bonchev–Trinajstić information content (AvgIpc) is 3.21. The standard InChI is InChI=1S/C30H40N2O/c1-28-10-4-11-30-25-14-20-13-23-27(30)32(18-28)24(26(28)30)16-29(23,25)15-21(20)17-33-22-7-5-19(6-8-22)9-12-31(2)3/h5-8,15,20,23-27H,4,9-14,16-18H2,1-3H3/t20-,23+,24-,25+,26+,27+,28+,29-,30+/m0/s1. The monoisotopic (exact) mass is 444 g/mol. The Kier molecular flexibility index (Phi) is 3.78. The first-order valence-corrected chi connectivity index (χ1v) is 13.8. The highest BCUT2D eigenvalue weighted by atomic mass is 16.5. The lowest BCUT2D eigenvalue weighted by Gasteiger charge is -2.61. The van der Waals surface area contributed by atoms with Crippen LogP contribution < -0.4 is 4.74 Å². The summed E-state index contributed by atoms with van der Waals surface area (Å²) in [6.07, 6.45) is 12.9. The van der Waals surface area contributed by atoms with Crippen molar-refractivity contribution in [3.63, 3.8) is 0 Å². The molecule has 9 aliphatic rings. The van der Waals surface area contributed by atoms with Crippen molar-refractivity contribution < 1.29 is 4.74 Å². The summed E-state index contributed by atoms with van der Waals surface area (Å²) < 4.78 is 6.40. The van der Waals surface area contributed by atoms with Crippen LogP contribution in [0.15, 0.2) is 35.9 Å². The number of rotatable bonds is 6. The van der Waals surface area contributed by atoms with Gasteiger partial charge in [0.15, 0.2) is 0 Å². The number of piperidine rings is 2. The van der Waals surface area contributed by atoms with E-state index in [0.29, 0.717) is 16.2 Å². The van der Waals surface area contributed by atoms with Crippen LogP contribution in [-0.4, -0.2) is 55.7 Å². The minimum atomic E-state index is 0.522. The van der Waals surface area contributed by atoms with Crippen LogP contribution in [0.5, 0.6) is 5.75 Å². The van der Waals surface area contributed by atoms with Crippen molar-refractivity contribution in [2.45, 2.75) is 64.0 Å². The van der Waals surface area contributed by atoms with Gasteiger partial charge in [-0.1, -0.05) is 31.6 Å². The van der Waals surface area contributed by atoms with Crippen LogP contribution in [0.25, 0.3) is 0 Å². The summed E-state index contributed by atoms with van der Waals surface area (Å²) >= 11 is 0. The molecule has 9 bridgehead atoms. The van der Waals surface area contributed by atoms with Gasteiger partial charge >= 0.3 is 0 Å². The van der Waals surface area contributed by atoms with Crippen LogP contribution >= 0.6 is 0 Å². The van der Waals surface area contributed by atoms with Gasteiger partial charge in [0.05, 0.1) is 0 Å². The molecule has 3 heterocycles. The predicted octanol–water partition coefficient (Wildman–Crippen LogP) is 5.01. The SMILES string of the molecule is CN(C)CCc1ccc(OCC2=C[C@@]34C[C@H]5[C@@H]6[C@]7(C)CCC[C@@]68[C@@H]3C[C@@H]2C[C@@H]4[C@H]8N5C7)cc1. The maximum absolute atomic E-state index is 6.40. The fraction of sp³-hybridized carbons (Fsp3) is 0.733. The third-order valence-electron chi connectivity index (χ3n) is 12.1. The third-order valence-corrected chi connectivity index (χ3v) is 12.1. The van der Waals surface area contributed by atoms with Crippen LogP contribution in [0, 0.1) is 39.9 Å². The average molecular weight is 445 g/mol. The number of nitrogens with zero attached hydrogens (tertiary/aromatic N) is 2. The minimum absolute atomic E-state index is 0.522. The maximum Gasteiger partial charge on any atom is 0.119 e. The van der Waals surface area contributed by atoms with Gasteiger partial charge in [0, 0.05) is 25.2 Å². The Bertz CT molecular complexity index is 1030. The molecule has 4 saturated carbocycles. The Morgan fingerprint density at radius 3 is 2.79 bits per heavy atom. The highest BCUT2D eigenvalue weighted by Gasteiger charge is 2.86. The Labute approximate surface area is 199 Å². The van der Waals surface area contributed by atoms with E-state index < -0.39 is 0 Å². The van der Waals surface area contributed by atoms with Gasteiger partial charge < -0.3 is 9.64 Å². The first kappa shape index (κ1) is 19.9. The molecule has 0 N–H and O–H groups in total. The van der Waals surface area contributed by atoms with Crippen molar-refractivity contribution >= 4 is 0 Å². The van der Waals surface area contributed by atoms with Crippen molar-refractivity contribution in [2.75, 3.05) is 33.8 Å². The van der Waals surface area contributed by atoms with Crippen molar-refractivity contribution in [3.05, 3.63) is 41.5 Å². The maximum atomic E-state index is 6.40. The summed E-state index contributed by atoms with van der Waals surface area (Å²) in [7, 11) is 4.28. The van der Waals surface area contributed by atoms with Crippen LogP contribution in [-0.2, 0) is 6.42 Å². The summed E-state index contributed by atoms with van der Waals surface area (Å²) in [6.45, 7) is 6.00. The Morgan fingerprint density at radius 1 is 1.12 bits per heavy atom. The van der Waals surface area contributed by atoms with E-state index in [0.717, 1.165) is 61.1 Å². The van der Waals surface area contributed by atoms with Gasteiger partial charge in [-0.05, 0) is 116 Å². The van der Waals surface area contributed by atoms with E-state index in [9.17, 15) is 0 Å². The molecule has 33 heavy (non-hydrogen) atoms. The van der Waals surface area contributed by atoms with E-state index in [-0.39, 0.29) is 0 Å². The van der Waals surface area contributed by atoms with Gasteiger partial charge in [0.25, 0.3) is 0 Å². The Morgan fingerprint density at radius 2 is 1.97 bits per heavy atom. The smallest absolute Gasteiger partial charge is 0.119 e. The summed E-state index contributed by atoms with van der Waals surface area (Å²) in [5.74, 6) is 4.77. The van der Waals surface area contributed by atoms with Crippen molar-refractivity contribution in [1.82, 2.24) is 9.80 Å². The first-order chi connectivity index (χ1) is 15.9. The molecular formula is C30H40N2O. The van der Waals surface area contributed by atoms with Gasteiger partial charge in [-0.25, -0.2) is 0 Å². The second-order valence-corrected chi connectivity index (χ2v) is 13.6. The van der Waals surface area contributed by atoms with Gasteiger partial charge in [0.2, 0.25) is 0 Å². The van der Waals surface area contributed by atoms with Gasteiger partial charge in [0.1, 0.15) is 12.4 Å². The van der Waals surface area contributed by atoms with Crippen LogP contribution in [0.1, 0.15) is 51.0 Å². The number of allylic oxidation sites excluding steroid dienone is 1. The molecule has 10 atom stereocenters. The normalized spacial score (nSPS) is 51.5. The van der Waals surface area contributed by atoms with Crippen LogP contribution in [0.2, 0.25) is 0 Å². The highest BCUT2D eigenvalue weighted by molar-refractivity contribution is 5.43. The summed E-state index contributed by atoms with van der Waals surface area (Å²) in [5.41, 5.74) is 4.89. The van der Waals surface area contributed by atoms with Gasteiger partial charge in [-0.3, -0.25) is 4.90 Å². The molecule has 3 heteroatoms. The number of hydrogen-bond acceptors (Lipinski definition) is 3.